The molecule has 0 fully saturated rings. The van der Waals surface area contributed by atoms with Crippen LogP contribution in [-0.4, -0.2) is 54.1 Å². The number of hydrogen-bond acceptors (Lipinski definition) is 4. The molecule has 0 aromatic heterocycles. The van der Waals surface area contributed by atoms with Crippen LogP contribution in [0.5, 0.6) is 0 Å². The van der Waals surface area contributed by atoms with Gasteiger partial charge in [-0.05, 0) is 18.5 Å². The lowest BCUT2D eigenvalue weighted by Gasteiger charge is -2.23. The molecule has 4 nitrogen and oxygen atoms in total. The van der Waals surface area contributed by atoms with Gasteiger partial charge >= 0.3 is 0 Å². The van der Waals surface area contributed by atoms with Gasteiger partial charge in [-0.15, -0.1) is 0 Å². The normalized spacial score (nSPS) is 12.8. The van der Waals surface area contributed by atoms with Crippen molar-refractivity contribution in [1.29, 1.82) is 0 Å². The first kappa shape index (κ1) is 16.1. The molecule has 4 heteroatoms. The average molecular weight is 267 g/mol. The standard InChI is InChI=1S/C15H25NO3/c1-2-8-16(9-10-17)11-15(18)13-19-12-14-6-4-3-5-7-14/h3-7,15,17-18H,2,8-13H2,1H3/t15-/m1/s1. The molecule has 2 N–H and O–H groups in total. The molecule has 0 aliphatic carbocycles. The second-order valence-corrected chi connectivity index (χ2v) is 4.68. The van der Waals surface area contributed by atoms with E-state index in [9.17, 15) is 5.11 Å². The Hall–Kier alpha value is -0.940. The average Bonchev–Trinajstić information content (AvgIpc) is 2.40. The Balaban J connectivity index is 2.20. The van der Waals surface area contributed by atoms with E-state index >= 15 is 0 Å². The Labute approximate surface area is 115 Å². The molecule has 0 heterocycles. The van der Waals surface area contributed by atoms with E-state index in [2.05, 4.69) is 11.8 Å². The predicted octanol–water partition coefficient (Wildman–Crippen LogP) is 1.27. The van der Waals surface area contributed by atoms with Crippen LogP contribution in [0.2, 0.25) is 0 Å². The van der Waals surface area contributed by atoms with Crippen LogP contribution in [0.4, 0.5) is 0 Å². The first-order valence-electron chi connectivity index (χ1n) is 6.89. The summed E-state index contributed by atoms with van der Waals surface area (Å²) in [7, 11) is 0. The van der Waals surface area contributed by atoms with E-state index < -0.39 is 6.10 Å². The fourth-order valence-electron chi connectivity index (χ4n) is 1.99. The van der Waals surface area contributed by atoms with E-state index in [4.69, 9.17) is 9.84 Å². The number of aliphatic hydroxyl groups excluding tert-OH is 2. The van der Waals surface area contributed by atoms with Crippen molar-refractivity contribution < 1.29 is 14.9 Å². The van der Waals surface area contributed by atoms with Gasteiger partial charge in [-0.2, -0.15) is 0 Å². The maximum atomic E-state index is 9.90. The molecule has 1 aromatic rings. The summed E-state index contributed by atoms with van der Waals surface area (Å²) in [6.45, 7) is 5.08. The lowest BCUT2D eigenvalue weighted by molar-refractivity contribution is 0.00767. The highest BCUT2D eigenvalue weighted by Crippen LogP contribution is 2.02. The highest BCUT2D eigenvalue weighted by molar-refractivity contribution is 5.13. The van der Waals surface area contributed by atoms with Crippen molar-refractivity contribution in [2.45, 2.75) is 26.1 Å². The number of hydrogen-bond donors (Lipinski definition) is 2. The highest BCUT2D eigenvalue weighted by Gasteiger charge is 2.10. The van der Waals surface area contributed by atoms with Crippen molar-refractivity contribution in [3.63, 3.8) is 0 Å². The predicted molar refractivity (Wildman–Crippen MR) is 75.9 cm³/mol. The first-order valence-corrected chi connectivity index (χ1v) is 6.89. The summed E-state index contributed by atoms with van der Waals surface area (Å²) in [4.78, 5) is 2.05. The number of ether oxygens (including phenoxy) is 1. The third-order valence-corrected chi connectivity index (χ3v) is 2.85. The van der Waals surface area contributed by atoms with Crippen LogP contribution in [0.25, 0.3) is 0 Å². The second-order valence-electron chi connectivity index (χ2n) is 4.68. The molecular weight excluding hydrogens is 242 g/mol. The van der Waals surface area contributed by atoms with Crippen molar-refractivity contribution >= 4 is 0 Å². The number of aliphatic hydroxyl groups is 2. The fraction of sp³-hybridized carbons (Fsp3) is 0.600. The quantitative estimate of drug-likeness (QED) is 0.670. The van der Waals surface area contributed by atoms with Gasteiger partial charge in [0.1, 0.15) is 0 Å². The molecule has 108 valence electrons. The van der Waals surface area contributed by atoms with Crippen molar-refractivity contribution in [2.75, 3.05) is 32.8 Å². The molecule has 19 heavy (non-hydrogen) atoms. The third kappa shape index (κ3) is 7.28. The van der Waals surface area contributed by atoms with Crippen LogP contribution in [-0.2, 0) is 11.3 Å². The van der Waals surface area contributed by atoms with Gasteiger partial charge in [-0.25, -0.2) is 0 Å². The Bertz CT molecular complexity index is 312. The van der Waals surface area contributed by atoms with Crippen molar-refractivity contribution in [3.05, 3.63) is 35.9 Å². The maximum absolute atomic E-state index is 9.90. The first-order chi connectivity index (χ1) is 9.26. The van der Waals surface area contributed by atoms with Gasteiger partial charge in [-0.3, -0.25) is 4.90 Å². The van der Waals surface area contributed by atoms with E-state index in [0.717, 1.165) is 18.5 Å². The summed E-state index contributed by atoms with van der Waals surface area (Å²) in [6, 6.07) is 9.91. The number of rotatable bonds is 10. The molecule has 0 bridgehead atoms. The van der Waals surface area contributed by atoms with E-state index in [1.54, 1.807) is 0 Å². The fourth-order valence-corrected chi connectivity index (χ4v) is 1.99. The van der Waals surface area contributed by atoms with E-state index in [1.807, 2.05) is 30.3 Å². The van der Waals surface area contributed by atoms with Gasteiger partial charge in [-0.1, -0.05) is 37.3 Å². The van der Waals surface area contributed by atoms with Gasteiger partial charge in [0.25, 0.3) is 0 Å². The van der Waals surface area contributed by atoms with Crippen LogP contribution >= 0.6 is 0 Å². The van der Waals surface area contributed by atoms with Crippen LogP contribution in [0.1, 0.15) is 18.9 Å². The molecule has 0 spiro atoms. The molecule has 0 saturated carbocycles. The zero-order valence-corrected chi connectivity index (χ0v) is 11.7. The molecule has 1 aromatic carbocycles. The van der Waals surface area contributed by atoms with Crippen LogP contribution in [0.3, 0.4) is 0 Å². The summed E-state index contributed by atoms with van der Waals surface area (Å²) >= 11 is 0. The van der Waals surface area contributed by atoms with Crippen molar-refractivity contribution in [3.8, 4) is 0 Å². The monoisotopic (exact) mass is 267 g/mol. The van der Waals surface area contributed by atoms with Crippen molar-refractivity contribution in [1.82, 2.24) is 4.90 Å². The van der Waals surface area contributed by atoms with Gasteiger partial charge in [0.05, 0.1) is 25.9 Å². The molecule has 0 saturated heterocycles. The third-order valence-electron chi connectivity index (χ3n) is 2.85. The Morgan fingerprint density at radius 1 is 1.21 bits per heavy atom. The van der Waals surface area contributed by atoms with E-state index in [1.165, 1.54) is 0 Å². The lowest BCUT2D eigenvalue weighted by Crippen LogP contribution is -2.37. The largest absolute Gasteiger partial charge is 0.395 e. The van der Waals surface area contributed by atoms with E-state index in [-0.39, 0.29) is 6.61 Å². The van der Waals surface area contributed by atoms with Crippen LogP contribution in [0.15, 0.2) is 30.3 Å². The van der Waals surface area contributed by atoms with Gasteiger partial charge in [0, 0.05) is 13.1 Å². The summed E-state index contributed by atoms with van der Waals surface area (Å²) in [5.74, 6) is 0. The van der Waals surface area contributed by atoms with Crippen molar-refractivity contribution in [2.24, 2.45) is 0 Å². The van der Waals surface area contributed by atoms with Crippen LogP contribution < -0.4 is 0 Å². The Morgan fingerprint density at radius 3 is 2.58 bits per heavy atom. The molecule has 0 aliphatic heterocycles. The molecule has 1 rings (SSSR count). The molecule has 0 unspecified atom stereocenters. The molecule has 1 atom stereocenters. The molecule has 0 aliphatic rings. The van der Waals surface area contributed by atoms with Gasteiger partial charge in [0.2, 0.25) is 0 Å². The Kier molecular flexibility index (Phi) is 8.41. The highest BCUT2D eigenvalue weighted by atomic mass is 16.5. The molecule has 0 radical (unpaired) electrons. The summed E-state index contributed by atoms with van der Waals surface area (Å²) < 4.78 is 5.50. The van der Waals surface area contributed by atoms with Gasteiger partial charge < -0.3 is 14.9 Å². The minimum atomic E-state index is -0.512. The topological polar surface area (TPSA) is 52.9 Å². The lowest BCUT2D eigenvalue weighted by atomic mass is 10.2. The van der Waals surface area contributed by atoms with E-state index in [0.29, 0.717) is 26.3 Å². The molecular formula is C15H25NO3. The van der Waals surface area contributed by atoms with Crippen LogP contribution in [0, 0.1) is 0 Å². The Morgan fingerprint density at radius 2 is 1.95 bits per heavy atom. The minimum Gasteiger partial charge on any atom is -0.395 e. The summed E-state index contributed by atoms with van der Waals surface area (Å²) in [5.41, 5.74) is 1.11. The van der Waals surface area contributed by atoms with Gasteiger partial charge in [0.15, 0.2) is 0 Å². The molecule has 0 amide bonds. The zero-order valence-electron chi connectivity index (χ0n) is 11.7. The zero-order chi connectivity index (χ0) is 13.9. The minimum absolute atomic E-state index is 0.123. The smallest absolute Gasteiger partial charge is 0.0900 e. The maximum Gasteiger partial charge on any atom is 0.0900 e. The number of benzene rings is 1. The SMILES string of the molecule is CCCN(CCO)C[C@@H](O)COCc1ccccc1. The summed E-state index contributed by atoms with van der Waals surface area (Å²) in [6.07, 6.45) is 0.499. The number of nitrogens with zero attached hydrogens (tertiary/aromatic N) is 1. The summed E-state index contributed by atoms with van der Waals surface area (Å²) in [5, 5.41) is 18.8. The second kappa shape index (κ2) is 9.92.